The third kappa shape index (κ3) is 4.20. The second-order valence-corrected chi connectivity index (χ2v) is 7.96. The molecule has 1 aliphatic rings. The van der Waals surface area contributed by atoms with Gasteiger partial charge in [-0.2, -0.15) is 0 Å². The van der Waals surface area contributed by atoms with Crippen LogP contribution in [-0.4, -0.2) is 23.7 Å². The van der Waals surface area contributed by atoms with Gasteiger partial charge in [0.05, 0.1) is 17.1 Å². The smallest absolute Gasteiger partial charge is 0.341 e. The Morgan fingerprint density at radius 1 is 1.52 bits per heavy atom. The summed E-state index contributed by atoms with van der Waals surface area (Å²) in [6.07, 6.45) is 4.24. The highest BCUT2D eigenvalue weighted by Gasteiger charge is 2.28. The fraction of sp³-hybridized carbons (Fsp3) is 0.368. The second kappa shape index (κ2) is 8.19. The van der Waals surface area contributed by atoms with E-state index in [1.165, 1.54) is 35.8 Å². The second-order valence-electron chi connectivity index (χ2n) is 6.47. The number of ether oxygens (including phenoxy) is 1. The number of non-ortho nitro benzene ring substituents is 1. The Bertz CT molecular complexity index is 923. The number of thiophene rings is 1. The molecule has 1 atom stereocenters. The number of nitro benzene ring substituents is 1. The maximum atomic E-state index is 12.5. The van der Waals surface area contributed by atoms with Crippen molar-refractivity contribution in [3.8, 4) is 0 Å². The molecule has 27 heavy (non-hydrogen) atoms. The van der Waals surface area contributed by atoms with E-state index >= 15 is 0 Å². The molecule has 8 heteroatoms. The van der Waals surface area contributed by atoms with Gasteiger partial charge in [0.1, 0.15) is 5.00 Å². The van der Waals surface area contributed by atoms with Gasteiger partial charge in [-0.05, 0) is 43.7 Å². The molecule has 6 nitrogen and oxygen atoms in total. The molecule has 0 amide bonds. The van der Waals surface area contributed by atoms with E-state index in [1.54, 1.807) is 6.92 Å². The molecule has 0 saturated carbocycles. The van der Waals surface area contributed by atoms with Crippen LogP contribution in [0, 0.1) is 16.0 Å². The van der Waals surface area contributed by atoms with Gasteiger partial charge in [0.15, 0.2) is 0 Å². The Hall–Kier alpha value is -2.25. The molecule has 1 unspecified atom stereocenters. The van der Waals surface area contributed by atoms with Crippen molar-refractivity contribution < 1.29 is 14.5 Å². The van der Waals surface area contributed by atoms with E-state index < -0.39 is 4.92 Å². The van der Waals surface area contributed by atoms with Crippen molar-refractivity contribution in [3.05, 3.63) is 54.9 Å². The average Bonchev–Trinajstić information content (AvgIpc) is 2.98. The monoisotopic (exact) mass is 406 g/mol. The first-order valence-corrected chi connectivity index (χ1v) is 9.89. The van der Waals surface area contributed by atoms with E-state index in [2.05, 4.69) is 11.9 Å². The van der Waals surface area contributed by atoms with Crippen molar-refractivity contribution in [2.24, 2.45) is 10.9 Å². The molecule has 1 heterocycles. The molecule has 1 aromatic carbocycles. The Kier molecular flexibility index (Phi) is 5.92. The number of halogens is 1. The van der Waals surface area contributed by atoms with Crippen molar-refractivity contribution in [2.75, 3.05) is 6.61 Å². The normalized spacial score (nSPS) is 16.3. The summed E-state index contributed by atoms with van der Waals surface area (Å²) in [7, 11) is 0. The van der Waals surface area contributed by atoms with Crippen LogP contribution >= 0.6 is 22.9 Å². The van der Waals surface area contributed by atoms with Crippen molar-refractivity contribution in [3.63, 3.8) is 0 Å². The molecule has 1 aliphatic carbocycles. The number of aliphatic imine (C=N–C) groups is 1. The number of nitrogens with zero attached hydrogens (tertiary/aromatic N) is 2. The molecule has 0 bridgehead atoms. The van der Waals surface area contributed by atoms with Crippen LogP contribution in [0.5, 0.6) is 0 Å². The molecular formula is C19H19ClN2O4S. The number of rotatable bonds is 5. The predicted octanol–water partition coefficient (Wildman–Crippen LogP) is 5.36. The van der Waals surface area contributed by atoms with Crippen LogP contribution in [0.15, 0.2) is 23.2 Å². The highest BCUT2D eigenvalue weighted by Crippen LogP contribution is 2.41. The van der Waals surface area contributed by atoms with Crippen LogP contribution in [0.3, 0.4) is 0 Å². The molecule has 142 valence electrons. The molecule has 0 radical (unpaired) electrons. The van der Waals surface area contributed by atoms with Crippen LogP contribution < -0.4 is 0 Å². The Balaban J connectivity index is 2.01. The third-order valence-electron chi connectivity index (χ3n) is 4.48. The van der Waals surface area contributed by atoms with Crippen LogP contribution in [0.25, 0.3) is 0 Å². The summed E-state index contributed by atoms with van der Waals surface area (Å²) in [4.78, 5) is 28.6. The number of fused-ring (bicyclic) bond motifs is 1. The van der Waals surface area contributed by atoms with Gasteiger partial charge < -0.3 is 4.74 Å². The minimum Gasteiger partial charge on any atom is -0.462 e. The standard InChI is InChI=1S/C19H19ClN2O4S/c1-3-26-19(23)17-14-6-4-11(2)8-16(14)27-18(17)21-10-12-9-13(22(24)25)5-7-15(12)20/h5,7,9-11H,3-4,6,8H2,1-2H3. The van der Waals surface area contributed by atoms with E-state index in [1.807, 2.05) is 0 Å². The summed E-state index contributed by atoms with van der Waals surface area (Å²) in [5.41, 5.74) is 1.90. The summed E-state index contributed by atoms with van der Waals surface area (Å²) < 4.78 is 5.22. The average molecular weight is 407 g/mol. The summed E-state index contributed by atoms with van der Waals surface area (Å²) in [6, 6.07) is 4.18. The molecule has 1 aromatic heterocycles. The van der Waals surface area contributed by atoms with Crippen LogP contribution in [0.1, 0.15) is 46.6 Å². The first kappa shape index (κ1) is 19.5. The Labute approximate surface area is 166 Å². The van der Waals surface area contributed by atoms with Crippen LogP contribution in [0.2, 0.25) is 5.02 Å². The summed E-state index contributed by atoms with van der Waals surface area (Å²) >= 11 is 7.62. The summed E-state index contributed by atoms with van der Waals surface area (Å²) in [6.45, 7) is 4.25. The van der Waals surface area contributed by atoms with E-state index in [0.717, 1.165) is 29.7 Å². The molecular weight excluding hydrogens is 388 g/mol. The number of hydrogen-bond donors (Lipinski definition) is 0. The van der Waals surface area contributed by atoms with E-state index in [-0.39, 0.29) is 11.7 Å². The van der Waals surface area contributed by atoms with Gasteiger partial charge >= 0.3 is 5.97 Å². The zero-order chi connectivity index (χ0) is 19.6. The van der Waals surface area contributed by atoms with E-state index in [0.29, 0.717) is 33.7 Å². The van der Waals surface area contributed by atoms with Crippen LogP contribution in [-0.2, 0) is 17.6 Å². The van der Waals surface area contributed by atoms with Crippen molar-refractivity contribution in [1.29, 1.82) is 0 Å². The highest BCUT2D eigenvalue weighted by molar-refractivity contribution is 7.16. The number of hydrogen-bond acceptors (Lipinski definition) is 6. The molecule has 2 aromatic rings. The third-order valence-corrected chi connectivity index (χ3v) is 5.99. The lowest BCUT2D eigenvalue weighted by Crippen LogP contribution is -2.13. The summed E-state index contributed by atoms with van der Waals surface area (Å²) in [5, 5.41) is 11.9. The quantitative estimate of drug-likeness (QED) is 0.289. The zero-order valence-corrected chi connectivity index (χ0v) is 16.6. The molecule has 0 saturated heterocycles. The van der Waals surface area contributed by atoms with Gasteiger partial charge in [-0.15, -0.1) is 11.3 Å². The Morgan fingerprint density at radius 2 is 2.30 bits per heavy atom. The zero-order valence-electron chi connectivity index (χ0n) is 15.0. The van der Waals surface area contributed by atoms with Crippen molar-refractivity contribution in [2.45, 2.75) is 33.1 Å². The van der Waals surface area contributed by atoms with Gasteiger partial charge in [-0.3, -0.25) is 10.1 Å². The van der Waals surface area contributed by atoms with Gasteiger partial charge in [0.2, 0.25) is 0 Å². The van der Waals surface area contributed by atoms with E-state index in [4.69, 9.17) is 16.3 Å². The minimum absolute atomic E-state index is 0.0641. The maximum absolute atomic E-state index is 12.5. The number of benzene rings is 1. The maximum Gasteiger partial charge on any atom is 0.341 e. The van der Waals surface area contributed by atoms with Crippen molar-refractivity contribution in [1.82, 2.24) is 0 Å². The van der Waals surface area contributed by atoms with Gasteiger partial charge in [0.25, 0.3) is 5.69 Å². The lowest BCUT2D eigenvalue weighted by molar-refractivity contribution is -0.384. The predicted molar refractivity (Wildman–Crippen MR) is 107 cm³/mol. The van der Waals surface area contributed by atoms with E-state index in [9.17, 15) is 14.9 Å². The number of nitro groups is 1. The largest absolute Gasteiger partial charge is 0.462 e. The van der Waals surface area contributed by atoms with Gasteiger partial charge in [0, 0.05) is 33.8 Å². The topological polar surface area (TPSA) is 81.8 Å². The highest BCUT2D eigenvalue weighted by atomic mass is 35.5. The molecule has 0 fully saturated rings. The fourth-order valence-corrected chi connectivity index (χ4v) is 4.62. The first-order valence-electron chi connectivity index (χ1n) is 8.70. The Morgan fingerprint density at radius 3 is 3.00 bits per heavy atom. The molecule has 0 aliphatic heterocycles. The number of carbonyl (C=O) groups excluding carboxylic acids is 1. The van der Waals surface area contributed by atoms with Crippen molar-refractivity contribution >= 4 is 45.8 Å². The lowest BCUT2D eigenvalue weighted by atomic mass is 9.88. The van der Waals surface area contributed by atoms with Gasteiger partial charge in [-0.25, -0.2) is 9.79 Å². The molecule has 0 spiro atoms. The minimum atomic E-state index is -0.483. The fourth-order valence-electron chi connectivity index (χ4n) is 3.11. The number of esters is 1. The van der Waals surface area contributed by atoms with Gasteiger partial charge in [-0.1, -0.05) is 18.5 Å². The number of carbonyl (C=O) groups is 1. The van der Waals surface area contributed by atoms with Crippen LogP contribution in [0.4, 0.5) is 10.7 Å². The molecule has 3 rings (SSSR count). The molecule has 0 N–H and O–H groups in total. The lowest BCUT2D eigenvalue weighted by Gasteiger charge is -2.18. The first-order chi connectivity index (χ1) is 12.9. The summed E-state index contributed by atoms with van der Waals surface area (Å²) in [5.74, 6) is 0.191. The SMILES string of the molecule is CCOC(=O)c1c(N=Cc2cc([N+](=O)[O-])ccc2Cl)sc2c1CCC(C)C2.